The molecule has 1 aromatic heterocycles. The van der Waals surface area contributed by atoms with Gasteiger partial charge in [0.25, 0.3) is 0 Å². The third kappa shape index (κ3) is 4.33. The molecule has 106 valence electrons. The molecule has 0 fully saturated rings. The second-order valence-electron chi connectivity index (χ2n) is 4.33. The number of carbonyl (C=O) groups excluding carboxylic acids is 2. The topological polar surface area (TPSA) is 67.4 Å². The van der Waals surface area contributed by atoms with Crippen LogP contribution in [0.25, 0.3) is 0 Å². The molecule has 0 saturated carbocycles. The van der Waals surface area contributed by atoms with Gasteiger partial charge in [-0.15, -0.1) is 11.3 Å². The average Bonchev–Trinajstić information content (AvgIpc) is 2.70. The molecule has 1 rings (SSSR count). The highest BCUT2D eigenvalue weighted by molar-refractivity contribution is 7.12. The van der Waals surface area contributed by atoms with Gasteiger partial charge in [-0.2, -0.15) is 0 Å². The predicted molar refractivity (Wildman–Crippen MR) is 76.8 cm³/mol. The second-order valence-corrected chi connectivity index (χ2v) is 5.21. The zero-order valence-corrected chi connectivity index (χ0v) is 12.5. The summed E-state index contributed by atoms with van der Waals surface area (Å²) >= 11 is 1.28. The minimum absolute atomic E-state index is 0.102. The molecule has 2 N–H and O–H groups in total. The summed E-state index contributed by atoms with van der Waals surface area (Å²) in [4.78, 5) is 23.9. The van der Waals surface area contributed by atoms with Crippen LogP contribution in [0, 0.1) is 6.92 Å². The number of anilines is 1. The number of rotatable bonds is 6. The molecule has 0 aliphatic heterocycles. The van der Waals surface area contributed by atoms with Crippen LogP contribution in [0.1, 0.15) is 35.5 Å². The minimum atomic E-state index is -0.423. The van der Waals surface area contributed by atoms with E-state index in [1.807, 2.05) is 26.2 Å². The SMILES string of the molecule is CCNC(C)CC(=O)Nc1c(C)csc1C(=O)OC. The monoisotopic (exact) mass is 284 g/mol. The van der Waals surface area contributed by atoms with Crippen LogP contribution in [0.2, 0.25) is 0 Å². The minimum Gasteiger partial charge on any atom is -0.465 e. The van der Waals surface area contributed by atoms with E-state index in [1.165, 1.54) is 18.4 Å². The Bertz CT molecular complexity index is 457. The molecule has 0 spiro atoms. The van der Waals surface area contributed by atoms with Gasteiger partial charge < -0.3 is 15.4 Å². The number of esters is 1. The molecule has 19 heavy (non-hydrogen) atoms. The van der Waals surface area contributed by atoms with E-state index < -0.39 is 5.97 Å². The van der Waals surface area contributed by atoms with E-state index in [-0.39, 0.29) is 11.9 Å². The summed E-state index contributed by atoms with van der Waals surface area (Å²) in [5.41, 5.74) is 1.43. The van der Waals surface area contributed by atoms with Crippen molar-refractivity contribution >= 4 is 28.9 Å². The number of carbonyl (C=O) groups is 2. The van der Waals surface area contributed by atoms with Crippen molar-refractivity contribution in [1.82, 2.24) is 5.32 Å². The van der Waals surface area contributed by atoms with Crippen LogP contribution >= 0.6 is 11.3 Å². The number of hydrogen-bond acceptors (Lipinski definition) is 5. The van der Waals surface area contributed by atoms with Crippen molar-refractivity contribution in [3.63, 3.8) is 0 Å². The standard InChI is InChI=1S/C13H20N2O3S/c1-5-14-9(3)6-10(16)15-11-8(2)7-19-12(11)13(17)18-4/h7,9,14H,5-6H2,1-4H3,(H,15,16). The van der Waals surface area contributed by atoms with Crippen molar-refractivity contribution in [2.45, 2.75) is 33.2 Å². The van der Waals surface area contributed by atoms with E-state index in [9.17, 15) is 9.59 Å². The molecule has 1 atom stereocenters. The molecule has 0 saturated heterocycles. The Labute approximate surface area is 117 Å². The van der Waals surface area contributed by atoms with Crippen LogP contribution in [-0.4, -0.2) is 31.6 Å². The van der Waals surface area contributed by atoms with Gasteiger partial charge in [-0.1, -0.05) is 6.92 Å². The van der Waals surface area contributed by atoms with E-state index in [2.05, 4.69) is 10.6 Å². The van der Waals surface area contributed by atoms with E-state index >= 15 is 0 Å². The summed E-state index contributed by atoms with van der Waals surface area (Å²) in [5, 5.41) is 7.79. The van der Waals surface area contributed by atoms with Crippen LogP contribution in [0.15, 0.2) is 5.38 Å². The smallest absolute Gasteiger partial charge is 0.350 e. The number of thiophene rings is 1. The van der Waals surface area contributed by atoms with Gasteiger partial charge in [0.05, 0.1) is 12.8 Å². The summed E-state index contributed by atoms with van der Waals surface area (Å²) in [5.74, 6) is -0.534. The number of ether oxygens (including phenoxy) is 1. The maximum Gasteiger partial charge on any atom is 0.350 e. The first-order valence-electron chi connectivity index (χ1n) is 6.19. The number of hydrogen-bond donors (Lipinski definition) is 2. The Morgan fingerprint density at radius 3 is 2.74 bits per heavy atom. The second kappa shape index (κ2) is 7.25. The van der Waals surface area contributed by atoms with Crippen LogP contribution in [0.3, 0.4) is 0 Å². The highest BCUT2D eigenvalue weighted by Crippen LogP contribution is 2.28. The lowest BCUT2D eigenvalue weighted by molar-refractivity contribution is -0.116. The molecule has 5 nitrogen and oxygen atoms in total. The Kier molecular flexibility index (Phi) is 5.98. The normalized spacial score (nSPS) is 12.0. The highest BCUT2D eigenvalue weighted by Gasteiger charge is 2.19. The average molecular weight is 284 g/mol. The first kappa shape index (κ1) is 15.7. The van der Waals surface area contributed by atoms with Gasteiger partial charge in [-0.05, 0) is 31.3 Å². The fourth-order valence-corrected chi connectivity index (χ4v) is 2.65. The van der Waals surface area contributed by atoms with E-state index in [0.29, 0.717) is 17.0 Å². The van der Waals surface area contributed by atoms with Gasteiger partial charge in [0, 0.05) is 12.5 Å². The summed E-state index contributed by atoms with van der Waals surface area (Å²) in [7, 11) is 1.33. The molecule has 0 aromatic carbocycles. The zero-order chi connectivity index (χ0) is 14.4. The molecule has 0 radical (unpaired) electrons. The molecule has 1 unspecified atom stereocenters. The van der Waals surface area contributed by atoms with Crippen LogP contribution in [0.4, 0.5) is 5.69 Å². The summed E-state index contributed by atoms with van der Waals surface area (Å²) in [6.07, 6.45) is 0.365. The zero-order valence-electron chi connectivity index (χ0n) is 11.7. The Morgan fingerprint density at radius 2 is 2.16 bits per heavy atom. The lowest BCUT2D eigenvalue weighted by Gasteiger charge is -2.12. The quantitative estimate of drug-likeness (QED) is 0.786. The first-order valence-corrected chi connectivity index (χ1v) is 7.07. The largest absolute Gasteiger partial charge is 0.465 e. The molecule has 0 bridgehead atoms. The Balaban J connectivity index is 2.73. The third-order valence-corrected chi connectivity index (χ3v) is 3.73. The van der Waals surface area contributed by atoms with Crippen molar-refractivity contribution < 1.29 is 14.3 Å². The van der Waals surface area contributed by atoms with Gasteiger partial charge in [0.1, 0.15) is 4.88 Å². The van der Waals surface area contributed by atoms with Gasteiger partial charge in [-0.25, -0.2) is 4.79 Å². The van der Waals surface area contributed by atoms with Gasteiger partial charge >= 0.3 is 5.97 Å². The lowest BCUT2D eigenvalue weighted by atomic mass is 10.2. The number of methoxy groups -OCH3 is 1. The maximum absolute atomic E-state index is 11.9. The molecular formula is C13H20N2O3S. The summed E-state index contributed by atoms with van der Waals surface area (Å²) in [6.45, 7) is 6.61. The number of amides is 1. The Morgan fingerprint density at radius 1 is 1.47 bits per heavy atom. The highest BCUT2D eigenvalue weighted by atomic mass is 32.1. The van der Waals surface area contributed by atoms with E-state index in [1.54, 1.807) is 0 Å². The molecule has 0 aliphatic carbocycles. The van der Waals surface area contributed by atoms with Crippen LogP contribution < -0.4 is 10.6 Å². The van der Waals surface area contributed by atoms with E-state index in [4.69, 9.17) is 4.74 Å². The lowest BCUT2D eigenvalue weighted by Crippen LogP contribution is -2.30. The number of nitrogens with one attached hydrogen (secondary N) is 2. The van der Waals surface area contributed by atoms with Crippen molar-refractivity contribution in [3.8, 4) is 0 Å². The van der Waals surface area contributed by atoms with Crippen molar-refractivity contribution in [1.29, 1.82) is 0 Å². The van der Waals surface area contributed by atoms with Crippen LogP contribution in [0.5, 0.6) is 0 Å². The fraction of sp³-hybridized carbons (Fsp3) is 0.538. The van der Waals surface area contributed by atoms with Gasteiger partial charge in [-0.3, -0.25) is 4.79 Å². The number of aryl methyl sites for hydroxylation is 1. The molecule has 1 aromatic rings. The maximum atomic E-state index is 11.9. The molecule has 1 heterocycles. The van der Waals surface area contributed by atoms with E-state index in [0.717, 1.165) is 12.1 Å². The summed E-state index contributed by atoms with van der Waals surface area (Å²) < 4.78 is 4.70. The molecule has 6 heteroatoms. The van der Waals surface area contributed by atoms with Crippen molar-refractivity contribution in [2.24, 2.45) is 0 Å². The van der Waals surface area contributed by atoms with Crippen molar-refractivity contribution in [3.05, 3.63) is 15.8 Å². The first-order chi connectivity index (χ1) is 8.99. The molecule has 1 amide bonds. The molecular weight excluding hydrogens is 264 g/mol. The third-order valence-electron chi connectivity index (χ3n) is 2.65. The molecule has 0 aliphatic rings. The Hall–Kier alpha value is -1.40. The van der Waals surface area contributed by atoms with Gasteiger partial charge in [0.15, 0.2) is 0 Å². The summed E-state index contributed by atoms with van der Waals surface area (Å²) in [6, 6.07) is 0.102. The fourth-order valence-electron chi connectivity index (χ4n) is 1.73. The van der Waals surface area contributed by atoms with Gasteiger partial charge in [0.2, 0.25) is 5.91 Å². The van der Waals surface area contributed by atoms with Crippen LogP contribution in [-0.2, 0) is 9.53 Å². The predicted octanol–water partition coefficient (Wildman–Crippen LogP) is 2.17. The van der Waals surface area contributed by atoms with Crippen molar-refractivity contribution in [2.75, 3.05) is 19.0 Å².